The number of nitrogens with zero attached hydrogens (tertiary/aromatic N) is 2. The van der Waals surface area contributed by atoms with E-state index in [1.165, 1.54) is 12.0 Å². The highest BCUT2D eigenvalue weighted by Gasteiger charge is 2.32. The minimum absolute atomic E-state index is 0.0161. The average molecular weight is 512 g/mol. The highest BCUT2D eigenvalue weighted by Crippen LogP contribution is 2.22. The lowest BCUT2D eigenvalue weighted by Gasteiger charge is -2.33. The molecule has 2 rings (SSSR count). The number of nitrogens with one attached hydrogen (secondary N) is 1. The maximum absolute atomic E-state index is 13.8. The molecule has 0 saturated heterocycles. The van der Waals surface area contributed by atoms with Crippen LogP contribution in [0.25, 0.3) is 0 Å². The molecule has 1 N–H and O–H groups in total. The van der Waals surface area contributed by atoms with Crippen molar-refractivity contribution < 1.29 is 31.5 Å². The van der Waals surface area contributed by atoms with Crippen molar-refractivity contribution >= 4 is 27.5 Å². The second kappa shape index (κ2) is 12.0. The predicted octanol–water partition coefficient (Wildman–Crippen LogP) is 3.07. The van der Waals surface area contributed by atoms with Gasteiger partial charge < -0.3 is 15.0 Å². The summed E-state index contributed by atoms with van der Waals surface area (Å²) in [5.41, 5.74) is 0.484. The number of carbonyl (C=O) groups is 2. The first kappa shape index (κ1) is 28.0. The number of methoxy groups -OCH3 is 1. The standard InChI is InChI=1S/C24H31F2N3O5S/c1-6-22(24(31)27-16(2)3)28(14-17-7-10-19(34-4)11-8-17)23(30)15-29(35(5,32)33)18-9-12-20(25)21(26)13-18/h7-13,16,22H,6,14-15H2,1-5H3,(H,27,31)/t22-/m0/s1. The maximum Gasteiger partial charge on any atom is 0.244 e. The van der Waals surface area contributed by atoms with Crippen LogP contribution in [0.4, 0.5) is 14.5 Å². The van der Waals surface area contributed by atoms with Crippen molar-refractivity contribution in [3.05, 3.63) is 59.7 Å². The van der Waals surface area contributed by atoms with Crippen molar-refractivity contribution in [1.29, 1.82) is 0 Å². The Labute approximate surface area is 204 Å². The third-order valence-electron chi connectivity index (χ3n) is 5.20. The van der Waals surface area contributed by atoms with Crippen molar-refractivity contribution in [2.75, 3.05) is 24.2 Å². The molecule has 2 aromatic rings. The van der Waals surface area contributed by atoms with Crippen molar-refractivity contribution in [3.8, 4) is 5.75 Å². The normalized spacial score (nSPS) is 12.2. The monoisotopic (exact) mass is 511 g/mol. The van der Waals surface area contributed by atoms with Gasteiger partial charge in [0, 0.05) is 18.7 Å². The smallest absolute Gasteiger partial charge is 0.244 e. The van der Waals surface area contributed by atoms with Crippen LogP contribution >= 0.6 is 0 Å². The molecule has 35 heavy (non-hydrogen) atoms. The van der Waals surface area contributed by atoms with Gasteiger partial charge in [0.2, 0.25) is 21.8 Å². The van der Waals surface area contributed by atoms with E-state index < -0.39 is 40.2 Å². The summed E-state index contributed by atoms with van der Waals surface area (Å²) in [5.74, 6) is -2.85. The largest absolute Gasteiger partial charge is 0.497 e. The fourth-order valence-corrected chi connectivity index (χ4v) is 4.32. The van der Waals surface area contributed by atoms with Crippen LogP contribution in [0.3, 0.4) is 0 Å². The zero-order chi connectivity index (χ0) is 26.3. The molecule has 0 aliphatic rings. The van der Waals surface area contributed by atoms with E-state index in [1.54, 1.807) is 45.0 Å². The van der Waals surface area contributed by atoms with E-state index >= 15 is 0 Å². The summed E-state index contributed by atoms with van der Waals surface area (Å²) in [6.07, 6.45) is 1.13. The molecule has 0 saturated carbocycles. The minimum atomic E-state index is -4.05. The van der Waals surface area contributed by atoms with Crippen LogP contribution in [0.1, 0.15) is 32.8 Å². The van der Waals surface area contributed by atoms with Crippen LogP contribution in [0, 0.1) is 11.6 Å². The Morgan fingerprint density at radius 3 is 2.17 bits per heavy atom. The number of rotatable bonds is 11. The fourth-order valence-electron chi connectivity index (χ4n) is 3.48. The molecule has 0 aliphatic carbocycles. The van der Waals surface area contributed by atoms with E-state index in [1.807, 2.05) is 0 Å². The van der Waals surface area contributed by atoms with Gasteiger partial charge in [-0.3, -0.25) is 13.9 Å². The Kier molecular flexibility index (Phi) is 9.58. The lowest BCUT2D eigenvalue weighted by molar-refractivity contribution is -0.140. The Morgan fingerprint density at radius 1 is 1.06 bits per heavy atom. The highest BCUT2D eigenvalue weighted by molar-refractivity contribution is 7.92. The molecule has 0 fully saturated rings. The van der Waals surface area contributed by atoms with Gasteiger partial charge in [-0.1, -0.05) is 19.1 Å². The number of halogens is 2. The number of benzene rings is 2. The van der Waals surface area contributed by atoms with E-state index in [0.717, 1.165) is 18.4 Å². The summed E-state index contributed by atoms with van der Waals surface area (Å²) in [6, 6.07) is 8.37. The summed E-state index contributed by atoms with van der Waals surface area (Å²) in [4.78, 5) is 27.7. The van der Waals surface area contributed by atoms with Gasteiger partial charge in [0.25, 0.3) is 0 Å². The number of sulfonamides is 1. The zero-order valence-electron chi connectivity index (χ0n) is 20.4. The summed E-state index contributed by atoms with van der Waals surface area (Å²) in [6.45, 7) is 4.62. The fraction of sp³-hybridized carbons (Fsp3) is 0.417. The SMILES string of the molecule is CC[C@@H](C(=O)NC(C)C)N(Cc1ccc(OC)cc1)C(=O)CN(c1ccc(F)c(F)c1)S(C)(=O)=O. The van der Waals surface area contributed by atoms with Crippen molar-refractivity contribution in [1.82, 2.24) is 10.2 Å². The Hall–Kier alpha value is -3.21. The molecule has 0 spiro atoms. The molecule has 2 aromatic carbocycles. The van der Waals surface area contributed by atoms with Crippen molar-refractivity contribution in [2.45, 2.75) is 45.8 Å². The number of hydrogen-bond acceptors (Lipinski definition) is 5. The highest BCUT2D eigenvalue weighted by atomic mass is 32.2. The van der Waals surface area contributed by atoms with Gasteiger partial charge in [-0.25, -0.2) is 17.2 Å². The molecule has 192 valence electrons. The van der Waals surface area contributed by atoms with E-state index in [-0.39, 0.29) is 30.6 Å². The number of hydrogen-bond donors (Lipinski definition) is 1. The third-order valence-corrected chi connectivity index (χ3v) is 6.34. The first-order chi connectivity index (χ1) is 16.4. The van der Waals surface area contributed by atoms with Gasteiger partial charge in [-0.2, -0.15) is 0 Å². The van der Waals surface area contributed by atoms with Gasteiger partial charge >= 0.3 is 0 Å². The predicted molar refractivity (Wildman–Crippen MR) is 129 cm³/mol. The van der Waals surface area contributed by atoms with Crippen LogP contribution in [0.5, 0.6) is 5.75 Å². The molecular weight excluding hydrogens is 480 g/mol. The molecule has 0 aliphatic heterocycles. The first-order valence-electron chi connectivity index (χ1n) is 11.0. The zero-order valence-corrected chi connectivity index (χ0v) is 21.2. The Balaban J connectivity index is 2.45. The topological polar surface area (TPSA) is 96.0 Å². The van der Waals surface area contributed by atoms with E-state index in [9.17, 15) is 26.8 Å². The van der Waals surface area contributed by atoms with Gasteiger partial charge in [0.15, 0.2) is 11.6 Å². The molecule has 0 unspecified atom stereocenters. The van der Waals surface area contributed by atoms with Crippen LogP contribution < -0.4 is 14.4 Å². The average Bonchev–Trinajstić information content (AvgIpc) is 2.78. The molecule has 1 atom stereocenters. The molecule has 0 heterocycles. The molecule has 2 amide bonds. The van der Waals surface area contributed by atoms with Gasteiger partial charge in [-0.05, 0) is 50.1 Å². The quantitative estimate of drug-likeness (QED) is 0.500. The second-order valence-corrected chi connectivity index (χ2v) is 10.2. The second-order valence-electron chi connectivity index (χ2n) is 8.33. The Morgan fingerprint density at radius 2 is 1.69 bits per heavy atom. The number of amides is 2. The van der Waals surface area contributed by atoms with Crippen LogP contribution in [-0.2, 0) is 26.2 Å². The van der Waals surface area contributed by atoms with Gasteiger partial charge in [-0.15, -0.1) is 0 Å². The molecule has 11 heteroatoms. The number of anilines is 1. The minimum Gasteiger partial charge on any atom is -0.497 e. The first-order valence-corrected chi connectivity index (χ1v) is 12.9. The van der Waals surface area contributed by atoms with E-state index in [4.69, 9.17) is 4.74 Å². The Bertz CT molecular complexity index is 1140. The lowest BCUT2D eigenvalue weighted by Crippen LogP contribution is -2.53. The summed E-state index contributed by atoms with van der Waals surface area (Å²) >= 11 is 0. The number of carbonyl (C=O) groups excluding carboxylic acids is 2. The van der Waals surface area contributed by atoms with E-state index in [0.29, 0.717) is 21.7 Å². The summed E-state index contributed by atoms with van der Waals surface area (Å²) < 4.78 is 58.0. The lowest BCUT2D eigenvalue weighted by atomic mass is 10.1. The number of ether oxygens (including phenoxy) is 1. The summed E-state index contributed by atoms with van der Waals surface area (Å²) in [5, 5.41) is 2.79. The third kappa shape index (κ3) is 7.64. The van der Waals surface area contributed by atoms with E-state index in [2.05, 4.69) is 5.32 Å². The maximum atomic E-state index is 13.8. The molecule has 8 nitrogen and oxygen atoms in total. The molecule has 0 aromatic heterocycles. The van der Waals surface area contributed by atoms with Crippen molar-refractivity contribution in [2.24, 2.45) is 0 Å². The van der Waals surface area contributed by atoms with Gasteiger partial charge in [0.05, 0.1) is 19.1 Å². The van der Waals surface area contributed by atoms with Crippen LogP contribution in [0.15, 0.2) is 42.5 Å². The molecular formula is C24H31F2N3O5S. The van der Waals surface area contributed by atoms with Crippen LogP contribution in [0.2, 0.25) is 0 Å². The van der Waals surface area contributed by atoms with Gasteiger partial charge in [0.1, 0.15) is 18.3 Å². The van der Waals surface area contributed by atoms with Crippen molar-refractivity contribution in [3.63, 3.8) is 0 Å². The molecule has 0 bridgehead atoms. The summed E-state index contributed by atoms with van der Waals surface area (Å²) in [7, 11) is -2.53. The molecule has 0 radical (unpaired) electrons. The van der Waals surface area contributed by atoms with Crippen LogP contribution in [-0.4, -0.2) is 57.1 Å².